The molecule has 2 aromatic rings. The molecule has 0 unspecified atom stereocenters. The maximum absolute atomic E-state index is 12.0. The number of carbonyl (C=O) groups is 1. The van der Waals surface area contributed by atoms with Crippen molar-refractivity contribution in [1.29, 1.82) is 5.26 Å². The Morgan fingerprint density at radius 2 is 1.88 bits per heavy atom. The van der Waals surface area contributed by atoms with Crippen LogP contribution < -0.4 is 10.1 Å². The van der Waals surface area contributed by atoms with Crippen LogP contribution in [0, 0.1) is 11.3 Å². The third kappa shape index (κ3) is 4.88. The fourth-order valence-corrected chi connectivity index (χ4v) is 2.25. The number of carbonyl (C=O) groups excluding carboxylic acids is 1. The summed E-state index contributed by atoms with van der Waals surface area (Å²) in [5.41, 5.74) is 0.119. The highest BCUT2D eigenvalue weighted by Gasteiger charge is 2.17. The van der Waals surface area contributed by atoms with Crippen molar-refractivity contribution in [1.82, 2.24) is 0 Å². The standard InChI is InChI=1S/C19H22N2O3/c1-19(2,3)24-18(22)21-16-10-11-17(23-13-7-6-12-20)15-9-5-4-8-14(15)16/h4-5,8-11H,6-7,13H2,1-3H3,(H,21,22). The molecule has 0 fully saturated rings. The first-order chi connectivity index (χ1) is 11.4. The van der Waals surface area contributed by atoms with Crippen molar-refractivity contribution < 1.29 is 14.3 Å². The van der Waals surface area contributed by atoms with E-state index in [0.717, 1.165) is 16.5 Å². The predicted molar refractivity (Wildman–Crippen MR) is 94.1 cm³/mol. The number of amides is 1. The molecular formula is C19H22N2O3. The first kappa shape index (κ1) is 17.6. The Labute approximate surface area is 142 Å². The van der Waals surface area contributed by atoms with Crippen molar-refractivity contribution in [3.8, 4) is 11.8 Å². The van der Waals surface area contributed by atoms with Gasteiger partial charge in [-0.25, -0.2) is 4.79 Å². The molecule has 2 aromatic carbocycles. The van der Waals surface area contributed by atoms with Crippen LogP contribution in [0.1, 0.15) is 33.6 Å². The predicted octanol–water partition coefficient (Wildman–Crippen LogP) is 4.87. The molecule has 0 aliphatic rings. The Hall–Kier alpha value is -2.74. The van der Waals surface area contributed by atoms with Gasteiger partial charge in [-0.1, -0.05) is 24.3 Å². The van der Waals surface area contributed by atoms with E-state index in [1.807, 2.05) is 51.1 Å². The van der Waals surface area contributed by atoms with E-state index in [-0.39, 0.29) is 0 Å². The number of benzene rings is 2. The fourth-order valence-electron chi connectivity index (χ4n) is 2.25. The van der Waals surface area contributed by atoms with Crippen molar-refractivity contribution >= 4 is 22.6 Å². The van der Waals surface area contributed by atoms with Gasteiger partial charge in [0.05, 0.1) is 18.4 Å². The summed E-state index contributed by atoms with van der Waals surface area (Å²) in [6.07, 6.45) is 0.661. The van der Waals surface area contributed by atoms with E-state index in [2.05, 4.69) is 11.4 Å². The second-order valence-electron chi connectivity index (χ2n) is 6.39. The summed E-state index contributed by atoms with van der Waals surface area (Å²) < 4.78 is 11.1. The van der Waals surface area contributed by atoms with Crippen LogP contribution in [0.25, 0.3) is 10.8 Å². The van der Waals surface area contributed by atoms with Crippen LogP contribution in [0.3, 0.4) is 0 Å². The van der Waals surface area contributed by atoms with Crippen LogP contribution in [0.4, 0.5) is 10.5 Å². The number of nitrogens with one attached hydrogen (secondary N) is 1. The van der Waals surface area contributed by atoms with Gasteiger partial charge in [0, 0.05) is 17.2 Å². The number of fused-ring (bicyclic) bond motifs is 1. The number of hydrogen-bond donors (Lipinski definition) is 1. The van der Waals surface area contributed by atoms with Crippen molar-refractivity contribution in [2.24, 2.45) is 0 Å². The lowest BCUT2D eigenvalue weighted by Gasteiger charge is -2.20. The largest absolute Gasteiger partial charge is 0.493 e. The van der Waals surface area contributed by atoms with Crippen molar-refractivity contribution in [3.63, 3.8) is 0 Å². The van der Waals surface area contributed by atoms with E-state index in [4.69, 9.17) is 14.7 Å². The van der Waals surface area contributed by atoms with E-state index >= 15 is 0 Å². The highest BCUT2D eigenvalue weighted by atomic mass is 16.6. The molecule has 0 spiro atoms. The van der Waals surface area contributed by atoms with E-state index in [0.29, 0.717) is 25.1 Å². The average molecular weight is 326 g/mol. The summed E-state index contributed by atoms with van der Waals surface area (Å²) in [5.74, 6) is 0.735. The van der Waals surface area contributed by atoms with Crippen molar-refractivity contribution in [2.75, 3.05) is 11.9 Å². The summed E-state index contributed by atoms with van der Waals surface area (Å²) in [5, 5.41) is 13.1. The third-order valence-corrected chi connectivity index (χ3v) is 3.21. The molecule has 126 valence electrons. The van der Waals surface area contributed by atoms with Gasteiger partial charge >= 0.3 is 6.09 Å². The summed E-state index contributed by atoms with van der Waals surface area (Å²) in [6, 6.07) is 13.4. The minimum Gasteiger partial charge on any atom is -0.493 e. The Morgan fingerprint density at radius 1 is 1.17 bits per heavy atom. The molecule has 0 saturated heterocycles. The molecule has 24 heavy (non-hydrogen) atoms. The molecule has 0 radical (unpaired) electrons. The molecule has 0 bridgehead atoms. The molecule has 1 amide bonds. The highest BCUT2D eigenvalue weighted by Crippen LogP contribution is 2.32. The van der Waals surface area contributed by atoms with Crippen molar-refractivity contribution in [3.05, 3.63) is 36.4 Å². The van der Waals surface area contributed by atoms with Gasteiger partial charge in [0.2, 0.25) is 0 Å². The number of anilines is 1. The minimum absolute atomic E-state index is 0.468. The molecule has 5 nitrogen and oxygen atoms in total. The number of rotatable bonds is 5. The quantitative estimate of drug-likeness (QED) is 0.796. The Kier molecular flexibility index (Phi) is 5.64. The SMILES string of the molecule is CC(C)(C)OC(=O)Nc1ccc(OCCCC#N)c2ccccc12. The summed E-state index contributed by atoms with van der Waals surface area (Å²) in [7, 11) is 0. The van der Waals surface area contributed by atoms with Gasteiger partial charge in [0.15, 0.2) is 0 Å². The normalized spacial score (nSPS) is 10.9. The summed E-state index contributed by atoms with van der Waals surface area (Å²) >= 11 is 0. The monoisotopic (exact) mass is 326 g/mol. The second kappa shape index (κ2) is 7.69. The zero-order valence-corrected chi connectivity index (χ0v) is 14.3. The third-order valence-electron chi connectivity index (χ3n) is 3.21. The fraction of sp³-hybridized carbons (Fsp3) is 0.368. The first-order valence-corrected chi connectivity index (χ1v) is 7.92. The molecule has 0 saturated carbocycles. The van der Waals surface area contributed by atoms with E-state index in [9.17, 15) is 4.79 Å². The lowest BCUT2D eigenvalue weighted by atomic mass is 10.1. The Balaban J connectivity index is 2.21. The van der Waals surface area contributed by atoms with Gasteiger partial charge in [0.25, 0.3) is 0 Å². The summed E-state index contributed by atoms with van der Waals surface area (Å²) in [4.78, 5) is 12.0. The zero-order chi connectivity index (χ0) is 17.6. The van der Waals surface area contributed by atoms with Crippen LogP contribution in [0.2, 0.25) is 0 Å². The van der Waals surface area contributed by atoms with E-state index in [1.165, 1.54) is 0 Å². The molecule has 5 heteroatoms. The Morgan fingerprint density at radius 3 is 2.54 bits per heavy atom. The van der Waals surface area contributed by atoms with Gasteiger partial charge < -0.3 is 9.47 Å². The number of nitrogens with zero attached hydrogens (tertiary/aromatic N) is 1. The van der Waals surface area contributed by atoms with E-state index in [1.54, 1.807) is 6.07 Å². The smallest absolute Gasteiger partial charge is 0.412 e. The maximum atomic E-state index is 12.0. The topological polar surface area (TPSA) is 71.3 Å². The molecule has 0 aliphatic heterocycles. The molecular weight excluding hydrogens is 304 g/mol. The average Bonchev–Trinajstić information content (AvgIpc) is 2.51. The number of ether oxygens (including phenoxy) is 2. The van der Waals surface area contributed by atoms with E-state index < -0.39 is 11.7 Å². The first-order valence-electron chi connectivity index (χ1n) is 7.92. The molecule has 0 heterocycles. The summed E-state index contributed by atoms with van der Waals surface area (Å²) in [6.45, 7) is 5.95. The van der Waals surface area contributed by atoms with Crippen molar-refractivity contribution in [2.45, 2.75) is 39.2 Å². The van der Waals surface area contributed by atoms with Gasteiger partial charge in [-0.15, -0.1) is 0 Å². The van der Waals surface area contributed by atoms with Crippen LogP contribution in [-0.2, 0) is 4.74 Å². The van der Waals surface area contributed by atoms with Gasteiger partial charge in [-0.3, -0.25) is 5.32 Å². The highest BCUT2D eigenvalue weighted by molar-refractivity contribution is 6.02. The molecule has 2 rings (SSSR count). The zero-order valence-electron chi connectivity index (χ0n) is 14.3. The number of unbranched alkanes of at least 4 members (excludes halogenated alkanes) is 1. The maximum Gasteiger partial charge on any atom is 0.412 e. The van der Waals surface area contributed by atoms with Gasteiger partial charge in [-0.05, 0) is 39.3 Å². The molecule has 0 atom stereocenters. The lowest BCUT2D eigenvalue weighted by Crippen LogP contribution is -2.27. The number of nitriles is 1. The van der Waals surface area contributed by atoms with Crippen LogP contribution >= 0.6 is 0 Å². The van der Waals surface area contributed by atoms with Crippen LogP contribution in [0.5, 0.6) is 5.75 Å². The van der Waals surface area contributed by atoms with Gasteiger partial charge in [-0.2, -0.15) is 5.26 Å². The number of hydrogen-bond acceptors (Lipinski definition) is 4. The second-order valence-corrected chi connectivity index (χ2v) is 6.39. The Bertz CT molecular complexity index is 757. The van der Waals surface area contributed by atoms with Crippen LogP contribution in [0.15, 0.2) is 36.4 Å². The van der Waals surface area contributed by atoms with Crippen LogP contribution in [-0.4, -0.2) is 18.3 Å². The molecule has 1 N–H and O–H groups in total. The lowest BCUT2D eigenvalue weighted by molar-refractivity contribution is 0.0636. The molecule has 0 aliphatic carbocycles. The van der Waals surface area contributed by atoms with Gasteiger partial charge in [0.1, 0.15) is 11.4 Å². The molecule has 0 aromatic heterocycles. The minimum atomic E-state index is -0.552.